The van der Waals surface area contributed by atoms with Gasteiger partial charge in [0.25, 0.3) is 0 Å². The summed E-state index contributed by atoms with van der Waals surface area (Å²) in [5, 5.41) is 3.28. The van der Waals surface area contributed by atoms with Gasteiger partial charge in [0.1, 0.15) is 0 Å². The maximum absolute atomic E-state index is 12.4. The summed E-state index contributed by atoms with van der Waals surface area (Å²) in [5.74, 6) is 1.83. The summed E-state index contributed by atoms with van der Waals surface area (Å²) < 4.78 is 0. The van der Waals surface area contributed by atoms with E-state index in [1.165, 1.54) is 38.5 Å². The molecule has 0 bridgehead atoms. The van der Waals surface area contributed by atoms with Gasteiger partial charge in [-0.15, -0.1) is 0 Å². The normalized spacial score (nSPS) is 28.2. The van der Waals surface area contributed by atoms with Crippen LogP contribution in [0.5, 0.6) is 0 Å². The summed E-state index contributed by atoms with van der Waals surface area (Å²) in [5.41, 5.74) is 5.51. The molecule has 2 unspecified atom stereocenters. The van der Waals surface area contributed by atoms with Gasteiger partial charge in [0, 0.05) is 12.6 Å². The van der Waals surface area contributed by atoms with Crippen LogP contribution in [0.2, 0.25) is 0 Å². The predicted octanol–water partition coefficient (Wildman–Crippen LogP) is 2.84. The molecular formula is C16H30N2O. The zero-order valence-corrected chi connectivity index (χ0v) is 12.6. The summed E-state index contributed by atoms with van der Waals surface area (Å²) >= 11 is 0. The van der Waals surface area contributed by atoms with Crippen LogP contribution < -0.4 is 11.1 Å². The number of nitrogens with one attached hydrogen (secondary N) is 1. The number of hydrogen-bond acceptors (Lipinski definition) is 2. The Kier molecular flexibility index (Phi) is 4.88. The topological polar surface area (TPSA) is 55.1 Å². The Morgan fingerprint density at radius 1 is 1.21 bits per heavy atom. The molecule has 110 valence electrons. The maximum atomic E-state index is 12.4. The van der Waals surface area contributed by atoms with Crippen LogP contribution in [0.3, 0.4) is 0 Å². The number of carbonyl (C=O) groups is 1. The van der Waals surface area contributed by atoms with Crippen molar-refractivity contribution in [3.8, 4) is 0 Å². The molecule has 19 heavy (non-hydrogen) atoms. The van der Waals surface area contributed by atoms with Crippen LogP contribution in [-0.4, -0.2) is 18.5 Å². The molecule has 0 saturated heterocycles. The molecule has 3 N–H and O–H groups in total. The minimum Gasteiger partial charge on any atom is -0.353 e. The molecule has 2 aliphatic rings. The van der Waals surface area contributed by atoms with Gasteiger partial charge in [-0.2, -0.15) is 0 Å². The lowest BCUT2D eigenvalue weighted by Gasteiger charge is -2.29. The van der Waals surface area contributed by atoms with Crippen molar-refractivity contribution in [3.63, 3.8) is 0 Å². The van der Waals surface area contributed by atoms with Crippen LogP contribution in [0, 0.1) is 17.3 Å². The Morgan fingerprint density at radius 2 is 1.84 bits per heavy atom. The molecule has 3 heteroatoms. The van der Waals surface area contributed by atoms with Gasteiger partial charge in [-0.05, 0) is 31.1 Å². The number of rotatable bonds is 6. The lowest BCUT2D eigenvalue weighted by molar-refractivity contribution is -0.131. The molecule has 0 aromatic heterocycles. The van der Waals surface area contributed by atoms with Crippen LogP contribution in [0.25, 0.3) is 0 Å². The predicted molar refractivity (Wildman–Crippen MR) is 78.7 cm³/mol. The molecule has 2 atom stereocenters. The number of nitrogens with two attached hydrogens (primary N) is 1. The smallest absolute Gasteiger partial charge is 0.227 e. The van der Waals surface area contributed by atoms with Crippen molar-refractivity contribution in [3.05, 3.63) is 0 Å². The Bertz CT molecular complexity index is 298. The molecule has 0 aromatic rings. The fourth-order valence-electron chi connectivity index (χ4n) is 3.74. The zero-order chi connectivity index (χ0) is 13.9. The van der Waals surface area contributed by atoms with Gasteiger partial charge in [0.15, 0.2) is 0 Å². The second kappa shape index (κ2) is 6.25. The van der Waals surface area contributed by atoms with Crippen molar-refractivity contribution in [1.82, 2.24) is 5.32 Å². The molecule has 0 heterocycles. The average Bonchev–Trinajstić information content (AvgIpc) is 3.22. The molecule has 2 rings (SSSR count). The minimum absolute atomic E-state index is 0.198. The molecule has 0 spiro atoms. The van der Waals surface area contributed by atoms with Crippen molar-refractivity contribution < 1.29 is 4.79 Å². The summed E-state index contributed by atoms with van der Waals surface area (Å²) in [4.78, 5) is 12.4. The lowest BCUT2D eigenvalue weighted by atomic mass is 9.81. The highest BCUT2D eigenvalue weighted by Gasteiger charge is 2.46. The van der Waals surface area contributed by atoms with E-state index >= 15 is 0 Å². The van der Waals surface area contributed by atoms with E-state index in [9.17, 15) is 4.79 Å². The van der Waals surface area contributed by atoms with Gasteiger partial charge in [-0.3, -0.25) is 4.79 Å². The molecule has 1 amide bonds. The van der Waals surface area contributed by atoms with Gasteiger partial charge >= 0.3 is 0 Å². The Balaban J connectivity index is 1.84. The van der Waals surface area contributed by atoms with E-state index < -0.39 is 0 Å². The van der Waals surface area contributed by atoms with E-state index in [4.69, 9.17) is 5.73 Å². The number of carbonyl (C=O) groups excluding carboxylic acids is 1. The van der Waals surface area contributed by atoms with Crippen LogP contribution in [0.15, 0.2) is 0 Å². The van der Waals surface area contributed by atoms with Gasteiger partial charge in [0.05, 0.1) is 5.41 Å². The Morgan fingerprint density at radius 3 is 2.37 bits per heavy atom. The lowest BCUT2D eigenvalue weighted by Crippen LogP contribution is -2.46. The van der Waals surface area contributed by atoms with Crippen LogP contribution >= 0.6 is 0 Å². The fraction of sp³-hybridized carbons (Fsp3) is 0.938. The summed E-state index contributed by atoms with van der Waals surface area (Å²) in [6, 6.07) is 0.444. The van der Waals surface area contributed by atoms with Crippen molar-refractivity contribution in [2.75, 3.05) is 6.54 Å². The van der Waals surface area contributed by atoms with E-state index in [1.807, 2.05) is 0 Å². The van der Waals surface area contributed by atoms with Gasteiger partial charge in [0.2, 0.25) is 5.91 Å². The first-order valence-corrected chi connectivity index (χ1v) is 8.18. The third kappa shape index (κ3) is 3.13. The third-order valence-electron chi connectivity index (χ3n) is 5.64. The van der Waals surface area contributed by atoms with Crippen molar-refractivity contribution in [2.45, 2.75) is 71.3 Å². The largest absolute Gasteiger partial charge is 0.353 e. The quantitative estimate of drug-likeness (QED) is 0.776. The van der Waals surface area contributed by atoms with Crippen molar-refractivity contribution in [1.29, 1.82) is 0 Å². The van der Waals surface area contributed by atoms with Gasteiger partial charge < -0.3 is 11.1 Å². The first kappa shape index (κ1) is 14.8. The molecule has 0 aromatic carbocycles. The summed E-state index contributed by atoms with van der Waals surface area (Å²) in [6.45, 7) is 4.61. The third-order valence-corrected chi connectivity index (χ3v) is 5.64. The van der Waals surface area contributed by atoms with E-state index in [2.05, 4.69) is 19.2 Å². The molecular weight excluding hydrogens is 236 g/mol. The molecule has 0 aliphatic heterocycles. The minimum atomic E-state index is -0.334. The molecule has 2 fully saturated rings. The molecule has 2 aliphatic carbocycles. The summed E-state index contributed by atoms with van der Waals surface area (Å²) in [7, 11) is 0. The highest BCUT2D eigenvalue weighted by atomic mass is 16.2. The number of amides is 1. The standard InChI is InChI=1S/C16H30N2O/c1-3-16(4-2,11-17)15(19)18-14-10-13(14)12-8-6-5-7-9-12/h12-14H,3-11,17H2,1-2H3,(H,18,19). The first-order valence-electron chi connectivity index (χ1n) is 8.18. The zero-order valence-electron chi connectivity index (χ0n) is 12.6. The second-order valence-corrected chi connectivity index (χ2v) is 6.57. The Labute approximate surface area is 117 Å². The number of hydrogen-bond donors (Lipinski definition) is 2. The SMILES string of the molecule is CCC(CC)(CN)C(=O)NC1CC1C1CCCCC1. The fourth-order valence-corrected chi connectivity index (χ4v) is 3.74. The van der Waals surface area contributed by atoms with Gasteiger partial charge in [-0.1, -0.05) is 46.0 Å². The molecule has 0 radical (unpaired) electrons. The van der Waals surface area contributed by atoms with E-state index in [0.29, 0.717) is 12.6 Å². The van der Waals surface area contributed by atoms with Crippen LogP contribution in [-0.2, 0) is 4.79 Å². The van der Waals surface area contributed by atoms with E-state index in [0.717, 1.165) is 24.7 Å². The van der Waals surface area contributed by atoms with Crippen LogP contribution in [0.1, 0.15) is 65.2 Å². The van der Waals surface area contributed by atoms with Gasteiger partial charge in [-0.25, -0.2) is 0 Å². The Hall–Kier alpha value is -0.570. The monoisotopic (exact) mass is 266 g/mol. The highest BCUT2D eigenvalue weighted by Crippen LogP contribution is 2.44. The second-order valence-electron chi connectivity index (χ2n) is 6.57. The highest BCUT2D eigenvalue weighted by molar-refractivity contribution is 5.83. The van der Waals surface area contributed by atoms with E-state index in [-0.39, 0.29) is 11.3 Å². The molecule has 3 nitrogen and oxygen atoms in total. The van der Waals surface area contributed by atoms with Crippen molar-refractivity contribution in [2.24, 2.45) is 23.0 Å². The van der Waals surface area contributed by atoms with Crippen LogP contribution in [0.4, 0.5) is 0 Å². The average molecular weight is 266 g/mol. The summed E-state index contributed by atoms with van der Waals surface area (Å²) in [6.07, 6.45) is 9.81. The first-order chi connectivity index (χ1) is 9.16. The molecule has 2 saturated carbocycles. The van der Waals surface area contributed by atoms with E-state index in [1.54, 1.807) is 0 Å². The maximum Gasteiger partial charge on any atom is 0.227 e. The van der Waals surface area contributed by atoms with Crippen molar-refractivity contribution >= 4 is 5.91 Å².